The van der Waals surface area contributed by atoms with Crippen LogP contribution in [0.1, 0.15) is 31.0 Å². The molecule has 0 saturated heterocycles. The van der Waals surface area contributed by atoms with Gasteiger partial charge in [0.2, 0.25) is 5.88 Å². The van der Waals surface area contributed by atoms with Crippen LogP contribution in [-0.2, 0) is 0 Å². The molecule has 0 aliphatic heterocycles. The fourth-order valence-corrected chi connectivity index (χ4v) is 1.38. The summed E-state index contributed by atoms with van der Waals surface area (Å²) < 4.78 is 5.02. The van der Waals surface area contributed by atoms with Gasteiger partial charge in [0.1, 0.15) is 6.33 Å². The minimum atomic E-state index is -0.0229. The van der Waals surface area contributed by atoms with Crippen molar-refractivity contribution >= 4 is 0 Å². The molecule has 0 fully saturated rings. The average Bonchev–Trinajstić information content (AvgIpc) is 2.35. The average molecular weight is 220 g/mol. The molecule has 0 aliphatic carbocycles. The van der Waals surface area contributed by atoms with E-state index in [-0.39, 0.29) is 6.04 Å². The Bertz CT molecular complexity index is 361. The molecule has 0 bridgehead atoms. The molecular weight excluding hydrogens is 204 g/mol. The summed E-state index contributed by atoms with van der Waals surface area (Å²) in [5.74, 6) is 8.60. The molecule has 5 nitrogen and oxygen atoms in total. The van der Waals surface area contributed by atoms with Crippen molar-refractivity contribution in [3.8, 4) is 18.2 Å². The molecule has 5 heteroatoms. The maximum Gasteiger partial charge on any atom is 0.216 e. The number of terminal acetylenes is 1. The Labute approximate surface area is 95.4 Å². The summed E-state index contributed by atoms with van der Waals surface area (Å²) in [6, 6.07) is 1.74. The van der Waals surface area contributed by atoms with E-state index in [1.165, 1.54) is 6.33 Å². The van der Waals surface area contributed by atoms with Crippen LogP contribution < -0.4 is 16.0 Å². The molecule has 1 heterocycles. The SMILES string of the molecule is C#CCCCC(NN)c1cc(OC)ncn1. The van der Waals surface area contributed by atoms with E-state index in [9.17, 15) is 0 Å². The van der Waals surface area contributed by atoms with E-state index < -0.39 is 0 Å². The summed E-state index contributed by atoms with van der Waals surface area (Å²) in [6.45, 7) is 0. The van der Waals surface area contributed by atoms with Crippen LogP contribution >= 0.6 is 0 Å². The number of unbranched alkanes of at least 4 members (excludes halogenated alkanes) is 1. The van der Waals surface area contributed by atoms with Crippen molar-refractivity contribution in [3.05, 3.63) is 18.1 Å². The van der Waals surface area contributed by atoms with E-state index in [1.807, 2.05) is 0 Å². The lowest BCUT2D eigenvalue weighted by atomic mass is 10.1. The van der Waals surface area contributed by atoms with Gasteiger partial charge in [0.05, 0.1) is 18.8 Å². The largest absolute Gasteiger partial charge is 0.481 e. The number of hydrogen-bond acceptors (Lipinski definition) is 5. The molecular formula is C11H16N4O. The molecule has 0 aromatic carbocycles. The number of aromatic nitrogens is 2. The molecule has 0 spiro atoms. The van der Waals surface area contributed by atoms with Gasteiger partial charge in [-0.3, -0.25) is 11.3 Å². The maximum absolute atomic E-state index is 5.48. The fraction of sp³-hybridized carbons (Fsp3) is 0.455. The van der Waals surface area contributed by atoms with E-state index in [4.69, 9.17) is 17.0 Å². The Morgan fingerprint density at radius 3 is 3.06 bits per heavy atom. The summed E-state index contributed by atoms with van der Waals surface area (Å²) >= 11 is 0. The molecule has 1 unspecified atom stereocenters. The van der Waals surface area contributed by atoms with Gasteiger partial charge in [0.25, 0.3) is 0 Å². The highest BCUT2D eigenvalue weighted by molar-refractivity contribution is 5.16. The lowest BCUT2D eigenvalue weighted by Gasteiger charge is -2.14. The second-order valence-corrected chi connectivity index (χ2v) is 3.30. The minimum Gasteiger partial charge on any atom is -0.481 e. The zero-order chi connectivity index (χ0) is 11.8. The van der Waals surface area contributed by atoms with Crippen LogP contribution in [0.15, 0.2) is 12.4 Å². The maximum atomic E-state index is 5.48. The first-order valence-electron chi connectivity index (χ1n) is 5.07. The van der Waals surface area contributed by atoms with Gasteiger partial charge in [-0.25, -0.2) is 9.97 Å². The monoisotopic (exact) mass is 220 g/mol. The van der Waals surface area contributed by atoms with Gasteiger partial charge in [-0.15, -0.1) is 12.3 Å². The lowest BCUT2D eigenvalue weighted by molar-refractivity contribution is 0.392. The molecule has 0 aliphatic rings. The normalized spacial score (nSPS) is 11.8. The van der Waals surface area contributed by atoms with Crippen LogP contribution in [0, 0.1) is 12.3 Å². The van der Waals surface area contributed by atoms with Crippen molar-refractivity contribution in [1.29, 1.82) is 0 Å². The van der Waals surface area contributed by atoms with Crippen molar-refractivity contribution in [1.82, 2.24) is 15.4 Å². The number of nitrogens with two attached hydrogens (primary N) is 1. The fourth-order valence-electron chi connectivity index (χ4n) is 1.38. The van der Waals surface area contributed by atoms with E-state index >= 15 is 0 Å². The van der Waals surface area contributed by atoms with Crippen LogP contribution in [0.3, 0.4) is 0 Å². The zero-order valence-electron chi connectivity index (χ0n) is 9.31. The van der Waals surface area contributed by atoms with Gasteiger partial charge in [-0.1, -0.05) is 0 Å². The standard InChI is InChI=1S/C11H16N4O/c1-3-4-5-6-9(15-12)10-7-11(16-2)14-8-13-10/h1,7-9,15H,4-6,12H2,2H3. The highest BCUT2D eigenvalue weighted by Crippen LogP contribution is 2.18. The molecule has 1 rings (SSSR count). The number of nitrogens with one attached hydrogen (secondary N) is 1. The quantitative estimate of drug-likeness (QED) is 0.321. The molecule has 86 valence electrons. The summed E-state index contributed by atoms with van der Waals surface area (Å²) in [4.78, 5) is 8.09. The Balaban J connectivity index is 2.67. The highest BCUT2D eigenvalue weighted by Gasteiger charge is 2.11. The third kappa shape index (κ3) is 3.50. The number of rotatable bonds is 6. The predicted octanol–water partition coefficient (Wildman–Crippen LogP) is 0.793. The molecule has 16 heavy (non-hydrogen) atoms. The Morgan fingerprint density at radius 2 is 2.44 bits per heavy atom. The third-order valence-corrected chi connectivity index (χ3v) is 2.24. The first-order valence-corrected chi connectivity index (χ1v) is 5.07. The third-order valence-electron chi connectivity index (χ3n) is 2.24. The van der Waals surface area contributed by atoms with E-state index in [1.54, 1.807) is 13.2 Å². The highest BCUT2D eigenvalue weighted by atomic mass is 16.5. The molecule has 1 aromatic rings. The molecule has 1 atom stereocenters. The van der Waals surface area contributed by atoms with Crippen molar-refractivity contribution in [2.75, 3.05) is 7.11 Å². The van der Waals surface area contributed by atoms with Crippen LogP contribution in [0.2, 0.25) is 0 Å². The number of ether oxygens (including phenoxy) is 1. The van der Waals surface area contributed by atoms with Gasteiger partial charge in [0.15, 0.2) is 0 Å². The second kappa shape index (κ2) is 6.77. The van der Waals surface area contributed by atoms with Crippen LogP contribution in [0.25, 0.3) is 0 Å². The summed E-state index contributed by atoms with van der Waals surface area (Å²) in [5.41, 5.74) is 3.53. The Hall–Kier alpha value is -1.64. The zero-order valence-corrected chi connectivity index (χ0v) is 9.31. The van der Waals surface area contributed by atoms with Gasteiger partial charge in [-0.2, -0.15) is 0 Å². The van der Waals surface area contributed by atoms with Gasteiger partial charge in [-0.05, 0) is 12.8 Å². The van der Waals surface area contributed by atoms with Crippen LogP contribution in [0.5, 0.6) is 5.88 Å². The van der Waals surface area contributed by atoms with E-state index in [2.05, 4.69) is 21.3 Å². The lowest BCUT2D eigenvalue weighted by Crippen LogP contribution is -2.28. The van der Waals surface area contributed by atoms with Crippen molar-refractivity contribution in [2.45, 2.75) is 25.3 Å². The number of nitrogens with zero attached hydrogens (tertiary/aromatic N) is 2. The van der Waals surface area contributed by atoms with E-state index in [0.717, 1.165) is 25.0 Å². The summed E-state index contributed by atoms with van der Waals surface area (Å²) in [6.07, 6.45) is 9.12. The smallest absolute Gasteiger partial charge is 0.216 e. The van der Waals surface area contributed by atoms with Crippen LogP contribution in [-0.4, -0.2) is 17.1 Å². The molecule has 0 saturated carbocycles. The number of hydrogen-bond donors (Lipinski definition) is 2. The summed E-state index contributed by atoms with van der Waals surface area (Å²) in [5, 5.41) is 0. The number of hydrazine groups is 1. The molecule has 1 aromatic heterocycles. The molecule has 3 N–H and O–H groups in total. The van der Waals surface area contributed by atoms with Crippen molar-refractivity contribution in [3.63, 3.8) is 0 Å². The minimum absolute atomic E-state index is 0.0229. The van der Waals surface area contributed by atoms with Gasteiger partial charge >= 0.3 is 0 Å². The van der Waals surface area contributed by atoms with Crippen LogP contribution in [0.4, 0.5) is 0 Å². The predicted molar refractivity (Wildman–Crippen MR) is 61.3 cm³/mol. The summed E-state index contributed by atoms with van der Waals surface area (Å²) in [7, 11) is 1.56. The molecule has 0 amide bonds. The first kappa shape index (κ1) is 12.4. The topological polar surface area (TPSA) is 73.1 Å². The van der Waals surface area contributed by atoms with E-state index in [0.29, 0.717) is 5.88 Å². The van der Waals surface area contributed by atoms with Gasteiger partial charge in [0, 0.05) is 12.5 Å². The second-order valence-electron chi connectivity index (χ2n) is 3.30. The van der Waals surface area contributed by atoms with Crippen molar-refractivity contribution in [2.24, 2.45) is 5.84 Å². The van der Waals surface area contributed by atoms with Crippen molar-refractivity contribution < 1.29 is 4.74 Å². The number of methoxy groups -OCH3 is 1. The first-order chi connectivity index (χ1) is 7.81. The Kier molecular flexibility index (Phi) is 5.26. The van der Waals surface area contributed by atoms with Gasteiger partial charge < -0.3 is 4.74 Å². The Morgan fingerprint density at radius 1 is 1.62 bits per heavy atom. The molecule has 0 radical (unpaired) electrons.